The molecule has 0 N–H and O–H groups in total. The second kappa shape index (κ2) is 6.78. The van der Waals surface area contributed by atoms with Gasteiger partial charge in [-0.3, -0.25) is 9.88 Å². The minimum Gasteiger partial charge on any atom is -0.368 e. The molecule has 1 aliphatic heterocycles. The number of rotatable bonds is 3. The Morgan fingerprint density at radius 1 is 1.18 bits per heavy atom. The van der Waals surface area contributed by atoms with Crippen LogP contribution < -0.4 is 4.90 Å². The van der Waals surface area contributed by atoms with E-state index in [2.05, 4.69) is 26.9 Å². The minimum atomic E-state index is 0.673. The lowest BCUT2D eigenvalue weighted by Gasteiger charge is -2.36. The summed E-state index contributed by atoms with van der Waals surface area (Å²) in [5.41, 5.74) is 2.86. The van der Waals surface area contributed by atoms with Gasteiger partial charge in [0.25, 0.3) is 0 Å². The molecule has 5 heteroatoms. The average molecular weight is 313 g/mol. The molecule has 1 aromatic heterocycles. The Labute approximate surface area is 135 Å². The highest BCUT2D eigenvalue weighted by molar-refractivity contribution is 6.30. The van der Waals surface area contributed by atoms with Crippen LogP contribution in [-0.4, -0.2) is 36.1 Å². The summed E-state index contributed by atoms with van der Waals surface area (Å²) in [6.07, 6.45) is 3.71. The number of hydrogen-bond donors (Lipinski definition) is 0. The molecule has 3 rings (SSSR count). The van der Waals surface area contributed by atoms with E-state index in [1.54, 1.807) is 18.3 Å². The number of benzene rings is 1. The van der Waals surface area contributed by atoms with Crippen LogP contribution in [0.25, 0.3) is 0 Å². The Balaban J connectivity index is 1.65. The van der Waals surface area contributed by atoms with E-state index in [-0.39, 0.29) is 0 Å². The predicted molar refractivity (Wildman–Crippen MR) is 87.9 cm³/mol. The summed E-state index contributed by atoms with van der Waals surface area (Å²) in [6.45, 7) is 4.64. The first-order chi connectivity index (χ1) is 10.8. The molecule has 0 saturated carbocycles. The number of piperazine rings is 1. The van der Waals surface area contributed by atoms with Crippen LogP contribution >= 0.6 is 11.6 Å². The lowest BCUT2D eigenvalue weighted by Crippen LogP contribution is -2.46. The lowest BCUT2D eigenvalue weighted by molar-refractivity contribution is 0.249. The van der Waals surface area contributed by atoms with Gasteiger partial charge in [0, 0.05) is 50.1 Å². The van der Waals surface area contributed by atoms with Gasteiger partial charge in [-0.05, 0) is 29.8 Å². The fourth-order valence-electron chi connectivity index (χ4n) is 2.76. The van der Waals surface area contributed by atoms with Gasteiger partial charge < -0.3 is 4.90 Å². The van der Waals surface area contributed by atoms with E-state index in [9.17, 15) is 5.26 Å². The molecule has 0 radical (unpaired) electrons. The van der Waals surface area contributed by atoms with Crippen molar-refractivity contribution in [3.8, 4) is 6.07 Å². The van der Waals surface area contributed by atoms with E-state index >= 15 is 0 Å². The summed E-state index contributed by atoms with van der Waals surface area (Å²) in [7, 11) is 0. The smallest absolute Gasteiger partial charge is 0.101 e. The Bertz CT molecular complexity index is 673. The molecule has 0 spiro atoms. The molecule has 112 valence electrons. The summed E-state index contributed by atoms with van der Waals surface area (Å²) in [5.74, 6) is 0. The van der Waals surface area contributed by atoms with Crippen molar-refractivity contribution in [1.29, 1.82) is 5.26 Å². The normalized spacial score (nSPS) is 15.5. The Hall–Kier alpha value is -2.09. The van der Waals surface area contributed by atoms with Gasteiger partial charge >= 0.3 is 0 Å². The first kappa shape index (κ1) is 14.8. The number of aromatic nitrogens is 1. The molecule has 2 aromatic rings. The number of anilines is 1. The van der Waals surface area contributed by atoms with E-state index in [1.165, 1.54) is 5.56 Å². The second-order valence-electron chi connectivity index (χ2n) is 5.40. The van der Waals surface area contributed by atoms with Gasteiger partial charge in [-0.25, -0.2) is 0 Å². The van der Waals surface area contributed by atoms with Crippen LogP contribution in [-0.2, 0) is 6.54 Å². The highest BCUT2D eigenvalue weighted by atomic mass is 35.5. The fourth-order valence-corrected chi connectivity index (χ4v) is 2.92. The van der Waals surface area contributed by atoms with Crippen molar-refractivity contribution in [2.24, 2.45) is 0 Å². The third-order valence-electron chi connectivity index (χ3n) is 3.92. The Morgan fingerprint density at radius 2 is 2.00 bits per heavy atom. The van der Waals surface area contributed by atoms with Crippen molar-refractivity contribution in [3.05, 3.63) is 58.9 Å². The van der Waals surface area contributed by atoms with E-state index in [4.69, 9.17) is 11.6 Å². The lowest BCUT2D eigenvalue weighted by atomic mass is 10.1. The molecule has 2 heterocycles. The molecule has 0 unspecified atom stereocenters. The van der Waals surface area contributed by atoms with E-state index < -0.39 is 0 Å². The highest BCUT2D eigenvalue weighted by Crippen LogP contribution is 2.25. The summed E-state index contributed by atoms with van der Waals surface area (Å²) in [5, 5.41) is 9.92. The zero-order valence-electron chi connectivity index (χ0n) is 12.2. The first-order valence-corrected chi connectivity index (χ1v) is 7.70. The van der Waals surface area contributed by atoms with Crippen LogP contribution in [0.5, 0.6) is 0 Å². The molecule has 1 aromatic carbocycles. The molecule has 1 fully saturated rings. The van der Waals surface area contributed by atoms with Crippen LogP contribution in [0.4, 0.5) is 5.69 Å². The zero-order valence-corrected chi connectivity index (χ0v) is 13.0. The standard InChI is InChI=1S/C17H17ClN4/c18-16-4-3-15(11-19)17(10-16)22-8-6-21(7-9-22)13-14-2-1-5-20-12-14/h1-5,10,12H,6-9,13H2. The molecule has 4 nitrogen and oxygen atoms in total. The number of pyridine rings is 1. The van der Waals surface area contributed by atoms with Gasteiger partial charge in [0.15, 0.2) is 0 Å². The summed E-state index contributed by atoms with van der Waals surface area (Å²) in [6, 6.07) is 11.8. The van der Waals surface area contributed by atoms with Gasteiger partial charge in [-0.1, -0.05) is 17.7 Å². The molecule has 1 saturated heterocycles. The second-order valence-corrected chi connectivity index (χ2v) is 5.83. The molecule has 0 amide bonds. The minimum absolute atomic E-state index is 0.673. The summed E-state index contributed by atoms with van der Waals surface area (Å²) < 4.78 is 0. The third-order valence-corrected chi connectivity index (χ3v) is 4.16. The number of nitrogens with zero attached hydrogens (tertiary/aromatic N) is 4. The van der Waals surface area contributed by atoms with Gasteiger partial charge in [0.05, 0.1) is 11.3 Å². The SMILES string of the molecule is N#Cc1ccc(Cl)cc1N1CCN(Cc2cccnc2)CC1. The summed E-state index contributed by atoms with van der Waals surface area (Å²) >= 11 is 6.08. The highest BCUT2D eigenvalue weighted by Gasteiger charge is 2.19. The van der Waals surface area contributed by atoms with Crippen molar-refractivity contribution in [3.63, 3.8) is 0 Å². The third kappa shape index (κ3) is 3.38. The maximum Gasteiger partial charge on any atom is 0.101 e. The van der Waals surface area contributed by atoms with Gasteiger partial charge in [-0.15, -0.1) is 0 Å². The Kier molecular flexibility index (Phi) is 4.57. The molecular weight excluding hydrogens is 296 g/mol. The molecular formula is C17H17ClN4. The Morgan fingerprint density at radius 3 is 2.68 bits per heavy atom. The first-order valence-electron chi connectivity index (χ1n) is 7.32. The van der Waals surface area contributed by atoms with Gasteiger partial charge in [0.1, 0.15) is 6.07 Å². The van der Waals surface area contributed by atoms with Crippen molar-refractivity contribution >= 4 is 17.3 Å². The predicted octanol–water partition coefficient (Wildman–Crippen LogP) is 2.93. The quantitative estimate of drug-likeness (QED) is 0.874. The largest absolute Gasteiger partial charge is 0.368 e. The summed E-state index contributed by atoms with van der Waals surface area (Å²) in [4.78, 5) is 8.80. The van der Waals surface area contributed by atoms with Crippen molar-refractivity contribution in [2.45, 2.75) is 6.54 Å². The van der Waals surface area contributed by atoms with Crippen LogP contribution in [0.1, 0.15) is 11.1 Å². The van der Waals surface area contributed by atoms with Crippen molar-refractivity contribution in [1.82, 2.24) is 9.88 Å². The number of nitriles is 1. The molecule has 22 heavy (non-hydrogen) atoms. The van der Waals surface area contributed by atoms with Crippen LogP contribution in [0, 0.1) is 11.3 Å². The average Bonchev–Trinajstić information content (AvgIpc) is 2.56. The number of hydrogen-bond acceptors (Lipinski definition) is 4. The van der Waals surface area contributed by atoms with Crippen LogP contribution in [0.3, 0.4) is 0 Å². The van der Waals surface area contributed by atoms with Crippen LogP contribution in [0.15, 0.2) is 42.7 Å². The number of halogens is 1. The fraction of sp³-hybridized carbons (Fsp3) is 0.294. The van der Waals surface area contributed by atoms with E-state index in [1.807, 2.05) is 18.3 Å². The maximum atomic E-state index is 9.25. The van der Waals surface area contributed by atoms with Crippen molar-refractivity contribution in [2.75, 3.05) is 31.1 Å². The molecule has 0 aliphatic carbocycles. The van der Waals surface area contributed by atoms with Crippen molar-refractivity contribution < 1.29 is 0 Å². The molecule has 1 aliphatic rings. The molecule has 0 bridgehead atoms. The van der Waals surface area contributed by atoms with Gasteiger partial charge in [0.2, 0.25) is 0 Å². The van der Waals surface area contributed by atoms with E-state index in [0.29, 0.717) is 10.6 Å². The maximum absolute atomic E-state index is 9.25. The molecule has 0 atom stereocenters. The monoisotopic (exact) mass is 312 g/mol. The topological polar surface area (TPSA) is 43.2 Å². The zero-order chi connectivity index (χ0) is 15.4. The van der Waals surface area contributed by atoms with Gasteiger partial charge in [-0.2, -0.15) is 5.26 Å². The van der Waals surface area contributed by atoms with E-state index in [0.717, 1.165) is 38.4 Å². The van der Waals surface area contributed by atoms with Crippen LogP contribution in [0.2, 0.25) is 5.02 Å².